The Kier molecular flexibility index (Phi) is 3.33. The molecule has 0 spiro atoms. The van der Waals surface area contributed by atoms with Crippen LogP contribution in [0.15, 0.2) is 29.2 Å². The molecule has 0 radical (unpaired) electrons. The zero-order valence-electron chi connectivity index (χ0n) is 12.6. The van der Waals surface area contributed by atoms with Gasteiger partial charge in [-0.15, -0.1) is 0 Å². The summed E-state index contributed by atoms with van der Waals surface area (Å²) in [7, 11) is 0. The van der Waals surface area contributed by atoms with Gasteiger partial charge in [0.1, 0.15) is 12.1 Å². The molecule has 22 heavy (non-hydrogen) atoms. The van der Waals surface area contributed by atoms with Gasteiger partial charge in [-0.3, -0.25) is 0 Å². The fourth-order valence-electron chi connectivity index (χ4n) is 3.50. The van der Waals surface area contributed by atoms with E-state index in [-0.39, 0.29) is 5.41 Å². The zero-order chi connectivity index (χ0) is 15.0. The molecule has 3 heterocycles. The van der Waals surface area contributed by atoms with Crippen molar-refractivity contribution in [1.29, 1.82) is 0 Å². The summed E-state index contributed by atoms with van der Waals surface area (Å²) in [5.41, 5.74) is 2.69. The van der Waals surface area contributed by atoms with Crippen molar-refractivity contribution >= 4 is 22.9 Å². The largest absolute Gasteiger partial charge is 0.369 e. The van der Waals surface area contributed by atoms with E-state index in [4.69, 9.17) is 0 Å². The lowest BCUT2D eigenvalue weighted by atomic mass is 9.80. The van der Waals surface area contributed by atoms with E-state index in [0.717, 1.165) is 18.1 Å². The van der Waals surface area contributed by atoms with Crippen LogP contribution in [0.25, 0.3) is 5.78 Å². The number of fused-ring (bicyclic) bond motifs is 1. The van der Waals surface area contributed by atoms with E-state index in [9.17, 15) is 0 Å². The van der Waals surface area contributed by atoms with Crippen molar-refractivity contribution in [3.8, 4) is 0 Å². The van der Waals surface area contributed by atoms with Crippen LogP contribution in [0.4, 0.5) is 5.82 Å². The average Bonchev–Trinajstić information content (AvgIpc) is 3.24. The molecule has 1 saturated carbocycles. The van der Waals surface area contributed by atoms with E-state index < -0.39 is 0 Å². The minimum atomic E-state index is 0.254. The number of hydrogen-bond acceptors (Lipinski definition) is 5. The summed E-state index contributed by atoms with van der Waals surface area (Å²) in [5, 5.41) is 12.4. The van der Waals surface area contributed by atoms with Gasteiger partial charge in [-0.1, -0.05) is 12.8 Å². The van der Waals surface area contributed by atoms with Crippen molar-refractivity contribution in [3.63, 3.8) is 0 Å². The predicted octanol–water partition coefficient (Wildman–Crippen LogP) is 3.42. The van der Waals surface area contributed by atoms with Crippen LogP contribution in [0.2, 0.25) is 0 Å². The van der Waals surface area contributed by atoms with Gasteiger partial charge in [-0.05, 0) is 42.2 Å². The first-order valence-electron chi connectivity index (χ1n) is 7.71. The molecule has 114 valence electrons. The lowest BCUT2D eigenvalue weighted by Crippen LogP contribution is -2.31. The van der Waals surface area contributed by atoms with Crippen molar-refractivity contribution in [1.82, 2.24) is 19.6 Å². The monoisotopic (exact) mass is 313 g/mol. The Hall–Kier alpha value is -1.95. The van der Waals surface area contributed by atoms with Crippen LogP contribution in [0.3, 0.4) is 0 Å². The second-order valence-electron chi connectivity index (χ2n) is 6.11. The summed E-state index contributed by atoms with van der Waals surface area (Å²) >= 11 is 1.79. The number of anilines is 1. The maximum atomic E-state index is 4.39. The van der Waals surface area contributed by atoms with Gasteiger partial charge in [0, 0.05) is 23.7 Å². The van der Waals surface area contributed by atoms with Crippen molar-refractivity contribution in [2.45, 2.75) is 38.0 Å². The van der Waals surface area contributed by atoms with Gasteiger partial charge < -0.3 is 5.32 Å². The van der Waals surface area contributed by atoms with E-state index in [1.165, 1.54) is 31.2 Å². The number of hydrogen-bond donors (Lipinski definition) is 1. The summed E-state index contributed by atoms with van der Waals surface area (Å²) in [5.74, 6) is 1.63. The molecule has 0 aromatic carbocycles. The van der Waals surface area contributed by atoms with E-state index in [0.29, 0.717) is 5.78 Å². The van der Waals surface area contributed by atoms with Crippen molar-refractivity contribution in [2.75, 3.05) is 11.9 Å². The fourth-order valence-corrected chi connectivity index (χ4v) is 4.28. The Morgan fingerprint density at radius 1 is 1.36 bits per heavy atom. The van der Waals surface area contributed by atoms with Gasteiger partial charge in [0.05, 0.1) is 0 Å². The minimum absolute atomic E-state index is 0.254. The smallest absolute Gasteiger partial charge is 0.254 e. The van der Waals surface area contributed by atoms with Crippen molar-refractivity contribution in [2.24, 2.45) is 0 Å². The van der Waals surface area contributed by atoms with Crippen LogP contribution in [0, 0.1) is 6.92 Å². The lowest BCUT2D eigenvalue weighted by molar-refractivity contribution is 0.467. The standard InChI is InChI=1S/C16H19N5S/c1-12-8-14(21-15(20-12)18-11-19-21)17-10-16(5-2-3-6-16)13-4-7-22-9-13/h4,7-9,11,17H,2-3,5-6,10H2,1H3. The summed E-state index contributed by atoms with van der Waals surface area (Å²) < 4.78 is 1.78. The Bertz CT molecular complexity index is 771. The number of nitrogens with one attached hydrogen (secondary N) is 1. The highest BCUT2D eigenvalue weighted by Crippen LogP contribution is 2.42. The zero-order valence-corrected chi connectivity index (χ0v) is 13.4. The quantitative estimate of drug-likeness (QED) is 0.802. The van der Waals surface area contributed by atoms with Crippen LogP contribution >= 0.6 is 11.3 Å². The summed E-state index contributed by atoms with van der Waals surface area (Å²) in [6, 6.07) is 4.32. The van der Waals surface area contributed by atoms with Gasteiger partial charge in [-0.2, -0.15) is 25.9 Å². The lowest BCUT2D eigenvalue weighted by Gasteiger charge is -2.29. The Morgan fingerprint density at radius 3 is 3.00 bits per heavy atom. The molecule has 0 aliphatic heterocycles. The van der Waals surface area contributed by atoms with Gasteiger partial charge in [0.15, 0.2) is 0 Å². The third kappa shape index (κ3) is 2.27. The van der Waals surface area contributed by atoms with Gasteiger partial charge in [0.25, 0.3) is 5.78 Å². The third-order valence-corrected chi connectivity index (χ3v) is 5.37. The van der Waals surface area contributed by atoms with Crippen molar-refractivity contribution in [3.05, 3.63) is 40.5 Å². The van der Waals surface area contributed by atoms with E-state index in [1.54, 1.807) is 22.2 Å². The summed E-state index contributed by atoms with van der Waals surface area (Å²) in [6.07, 6.45) is 6.68. The summed E-state index contributed by atoms with van der Waals surface area (Å²) in [4.78, 5) is 8.58. The van der Waals surface area contributed by atoms with Crippen molar-refractivity contribution < 1.29 is 0 Å². The molecular weight excluding hydrogens is 294 g/mol. The Balaban J connectivity index is 1.64. The molecule has 3 aromatic rings. The highest BCUT2D eigenvalue weighted by molar-refractivity contribution is 7.08. The molecule has 1 aliphatic carbocycles. The average molecular weight is 313 g/mol. The fraction of sp³-hybridized carbons (Fsp3) is 0.438. The first-order valence-corrected chi connectivity index (χ1v) is 8.65. The first-order chi connectivity index (χ1) is 10.8. The van der Waals surface area contributed by atoms with Crippen LogP contribution in [0.1, 0.15) is 36.9 Å². The maximum absolute atomic E-state index is 4.39. The van der Waals surface area contributed by atoms with Crippen LogP contribution in [-0.4, -0.2) is 26.1 Å². The molecule has 0 unspecified atom stereocenters. The number of nitrogens with zero attached hydrogens (tertiary/aromatic N) is 4. The van der Waals surface area contributed by atoms with E-state index in [1.807, 2.05) is 13.0 Å². The number of thiophene rings is 1. The molecular formula is C16H19N5S. The minimum Gasteiger partial charge on any atom is -0.369 e. The van der Waals surface area contributed by atoms with Crippen LogP contribution in [0.5, 0.6) is 0 Å². The number of aryl methyl sites for hydroxylation is 1. The molecule has 1 fully saturated rings. The molecule has 5 nitrogen and oxygen atoms in total. The SMILES string of the molecule is Cc1cc(NCC2(c3ccsc3)CCCC2)n2ncnc2n1. The van der Waals surface area contributed by atoms with Gasteiger partial charge in [-0.25, -0.2) is 4.98 Å². The maximum Gasteiger partial charge on any atom is 0.254 e. The second-order valence-corrected chi connectivity index (χ2v) is 6.89. The Morgan fingerprint density at radius 2 is 2.23 bits per heavy atom. The van der Waals surface area contributed by atoms with Crippen LogP contribution in [-0.2, 0) is 5.41 Å². The molecule has 4 rings (SSSR count). The number of rotatable bonds is 4. The Labute approximate surface area is 133 Å². The number of aromatic nitrogens is 4. The van der Waals surface area contributed by atoms with Gasteiger partial charge in [0.2, 0.25) is 0 Å². The normalized spacial score (nSPS) is 17.1. The highest BCUT2D eigenvalue weighted by Gasteiger charge is 2.35. The highest BCUT2D eigenvalue weighted by atomic mass is 32.1. The third-order valence-electron chi connectivity index (χ3n) is 4.68. The van der Waals surface area contributed by atoms with Crippen LogP contribution < -0.4 is 5.32 Å². The van der Waals surface area contributed by atoms with E-state index in [2.05, 4.69) is 37.2 Å². The summed E-state index contributed by atoms with van der Waals surface area (Å²) in [6.45, 7) is 2.92. The molecule has 1 N–H and O–H groups in total. The second kappa shape index (κ2) is 5.35. The first kappa shape index (κ1) is 13.7. The molecule has 0 atom stereocenters. The van der Waals surface area contributed by atoms with Gasteiger partial charge >= 0.3 is 0 Å². The molecule has 3 aromatic heterocycles. The van der Waals surface area contributed by atoms with E-state index >= 15 is 0 Å². The molecule has 0 saturated heterocycles. The molecule has 0 amide bonds. The molecule has 6 heteroatoms. The predicted molar refractivity (Wildman–Crippen MR) is 88.5 cm³/mol. The topological polar surface area (TPSA) is 55.1 Å². The molecule has 0 bridgehead atoms. The molecule has 1 aliphatic rings.